The van der Waals surface area contributed by atoms with E-state index in [0.717, 1.165) is 44.2 Å². The molecule has 176 valence electrons. The summed E-state index contributed by atoms with van der Waals surface area (Å²) < 4.78 is 11.2. The maximum Gasteiger partial charge on any atom is 0.332 e. The molecule has 7 unspecified atom stereocenters. The number of carbonyl (C=O) groups is 3. The number of allylic oxidation sites excluding steroid dienone is 1. The quantitative estimate of drug-likeness (QED) is 0.392. The van der Waals surface area contributed by atoms with Crippen LogP contribution in [0.1, 0.15) is 72.6 Å². The van der Waals surface area contributed by atoms with Crippen molar-refractivity contribution in [2.75, 3.05) is 0 Å². The lowest BCUT2D eigenvalue weighted by Gasteiger charge is -2.57. The van der Waals surface area contributed by atoms with Gasteiger partial charge >= 0.3 is 18.0 Å². The van der Waals surface area contributed by atoms with Gasteiger partial charge in [-0.1, -0.05) is 25.5 Å². The van der Waals surface area contributed by atoms with Gasteiger partial charge in [0.2, 0.25) is 0 Å². The van der Waals surface area contributed by atoms with Crippen LogP contribution in [-0.2, 0) is 19.1 Å². The Bertz CT molecular complexity index is 883. The Hall–Kier alpha value is -2.38. The molecule has 0 heterocycles. The average molecular weight is 446 g/mol. The van der Waals surface area contributed by atoms with Crippen molar-refractivity contribution >= 4 is 23.7 Å². The second kappa shape index (κ2) is 8.19. The zero-order valence-electron chi connectivity index (χ0n) is 19.5. The fourth-order valence-electron chi connectivity index (χ4n) is 7.37. The van der Waals surface area contributed by atoms with E-state index in [1.54, 1.807) is 0 Å². The van der Waals surface area contributed by atoms with E-state index < -0.39 is 12.1 Å². The Balaban J connectivity index is 1.62. The predicted molar refractivity (Wildman–Crippen MR) is 118 cm³/mol. The van der Waals surface area contributed by atoms with Crippen molar-refractivity contribution in [2.24, 2.45) is 39.4 Å². The molecule has 0 radical (unpaired) electrons. The first-order valence-electron chi connectivity index (χ1n) is 11.7. The van der Waals surface area contributed by atoms with E-state index in [-0.39, 0.29) is 28.9 Å². The van der Waals surface area contributed by atoms with Crippen LogP contribution < -0.4 is 11.2 Å². The normalized spacial score (nSPS) is 41.6. The zero-order valence-corrected chi connectivity index (χ0v) is 19.5. The number of nitrogens with two attached hydrogens (primary N) is 1. The lowest BCUT2D eigenvalue weighted by atomic mass is 9.48. The highest BCUT2D eigenvalue weighted by Crippen LogP contribution is 2.64. The molecule has 8 nitrogen and oxygen atoms in total. The Kier molecular flexibility index (Phi) is 5.84. The number of carbonyl (C=O) groups excluding carboxylic acids is 3. The number of nitrogens with zero attached hydrogens (tertiary/aromatic N) is 1. The predicted octanol–water partition coefficient (Wildman–Crippen LogP) is 3.45. The number of urea groups is 1. The van der Waals surface area contributed by atoms with Crippen LogP contribution in [0.15, 0.2) is 16.8 Å². The molecule has 4 aliphatic carbocycles. The molecule has 0 spiro atoms. The molecule has 0 bridgehead atoms. The first-order valence-corrected chi connectivity index (χ1v) is 11.7. The molecule has 0 aromatic carbocycles. The van der Waals surface area contributed by atoms with Crippen LogP contribution in [0.5, 0.6) is 0 Å². The van der Waals surface area contributed by atoms with Gasteiger partial charge in [0.1, 0.15) is 12.2 Å². The van der Waals surface area contributed by atoms with E-state index in [4.69, 9.17) is 15.2 Å². The minimum atomic E-state index is -0.720. The third-order valence-electron chi connectivity index (χ3n) is 8.73. The minimum Gasteiger partial charge on any atom is -0.462 e. The van der Waals surface area contributed by atoms with E-state index >= 15 is 0 Å². The number of hydrogen-bond donors (Lipinski definition) is 2. The first kappa shape index (κ1) is 22.8. The molecule has 2 amide bonds. The molecule has 0 aromatic rings. The summed E-state index contributed by atoms with van der Waals surface area (Å²) in [7, 11) is 0. The van der Waals surface area contributed by atoms with Crippen molar-refractivity contribution < 1.29 is 23.9 Å². The molecule has 3 fully saturated rings. The molecule has 32 heavy (non-hydrogen) atoms. The fraction of sp³-hybridized carbons (Fsp3) is 0.750. The maximum atomic E-state index is 11.8. The standard InChI is InChI=1S/C24H35N3O5/c1-13(28)31-16-7-9-23(3)15(11-16)5-6-17-18(23)8-10-24(4)19(17)12-20(32-14(2)29)21(24)26-27-22(25)30/h5,16-20H,6-12H2,1-4H3,(H3,25,27,30)/b26-21+. The van der Waals surface area contributed by atoms with Gasteiger partial charge in [0.25, 0.3) is 0 Å². The Labute approximate surface area is 189 Å². The number of hydrazone groups is 1. The number of rotatable bonds is 3. The summed E-state index contributed by atoms with van der Waals surface area (Å²) in [4.78, 5) is 34.6. The lowest BCUT2D eigenvalue weighted by molar-refractivity contribution is -0.148. The third kappa shape index (κ3) is 3.82. The molecule has 4 aliphatic rings. The fourth-order valence-corrected chi connectivity index (χ4v) is 7.37. The molecule has 0 aliphatic heterocycles. The number of ether oxygens (including phenoxy) is 2. The van der Waals surface area contributed by atoms with Crippen LogP contribution in [0.3, 0.4) is 0 Å². The Morgan fingerprint density at radius 1 is 1.06 bits per heavy atom. The van der Waals surface area contributed by atoms with Crippen molar-refractivity contribution in [1.29, 1.82) is 0 Å². The van der Waals surface area contributed by atoms with E-state index in [1.165, 1.54) is 19.4 Å². The van der Waals surface area contributed by atoms with E-state index in [2.05, 4.69) is 30.5 Å². The highest BCUT2D eigenvalue weighted by atomic mass is 16.5. The van der Waals surface area contributed by atoms with Gasteiger partial charge < -0.3 is 15.2 Å². The molecule has 3 N–H and O–H groups in total. The van der Waals surface area contributed by atoms with Crippen LogP contribution in [0.4, 0.5) is 4.79 Å². The van der Waals surface area contributed by atoms with E-state index in [0.29, 0.717) is 24.2 Å². The molecule has 3 saturated carbocycles. The number of primary amides is 1. The second-order valence-electron chi connectivity index (χ2n) is 10.5. The van der Waals surface area contributed by atoms with Gasteiger partial charge in [-0.15, -0.1) is 0 Å². The van der Waals surface area contributed by atoms with Crippen LogP contribution in [0, 0.1) is 28.6 Å². The molecule has 0 aromatic heterocycles. The number of esters is 2. The van der Waals surface area contributed by atoms with Gasteiger partial charge in [0, 0.05) is 25.7 Å². The largest absolute Gasteiger partial charge is 0.462 e. The monoisotopic (exact) mass is 445 g/mol. The van der Waals surface area contributed by atoms with Gasteiger partial charge in [-0.2, -0.15) is 5.10 Å². The summed E-state index contributed by atoms with van der Waals surface area (Å²) in [6.45, 7) is 7.46. The second-order valence-corrected chi connectivity index (χ2v) is 10.5. The first-order chi connectivity index (χ1) is 15.0. The number of nitrogens with one attached hydrogen (secondary N) is 1. The highest BCUT2D eigenvalue weighted by molar-refractivity contribution is 5.98. The van der Waals surface area contributed by atoms with Crippen LogP contribution in [0.25, 0.3) is 0 Å². The van der Waals surface area contributed by atoms with Crippen molar-refractivity contribution in [3.05, 3.63) is 11.6 Å². The molecule has 4 rings (SSSR count). The molecule has 8 heteroatoms. The number of hydrogen-bond acceptors (Lipinski definition) is 6. The van der Waals surface area contributed by atoms with Crippen LogP contribution in [-0.4, -0.2) is 35.9 Å². The number of fused-ring (bicyclic) bond motifs is 5. The van der Waals surface area contributed by atoms with Gasteiger partial charge in [-0.3, -0.25) is 9.59 Å². The smallest absolute Gasteiger partial charge is 0.332 e. The van der Waals surface area contributed by atoms with E-state index in [1.807, 2.05) is 0 Å². The van der Waals surface area contributed by atoms with Crippen LogP contribution >= 0.6 is 0 Å². The van der Waals surface area contributed by atoms with Gasteiger partial charge in [0.05, 0.1) is 5.71 Å². The molecular formula is C24H35N3O5. The Morgan fingerprint density at radius 2 is 1.75 bits per heavy atom. The third-order valence-corrected chi connectivity index (χ3v) is 8.73. The lowest BCUT2D eigenvalue weighted by Crippen LogP contribution is -2.51. The minimum absolute atomic E-state index is 0.0179. The summed E-state index contributed by atoms with van der Waals surface area (Å²) in [5, 5.41) is 4.34. The van der Waals surface area contributed by atoms with Gasteiger partial charge in [-0.05, 0) is 61.7 Å². The van der Waals surface area contributed by atoms with Crippen molar-refractivity contribution in [3.8, 4) is 0 Å². The molecular weight excluding hydrogens is 410 g/mol. The summed E-state index contributed by atoms with van der Waals surface area (Å²) in [6, 6.07) is -0.720. The molecule has 0 saturated heterocycles. The van der Waals surface area contributed by atoms with Gasteiger partial charge in [-0.25, -0.2) is 10.2 Å². The van der Waals surface area contributed by atoms with Crippen molar-refractivity contribution in [1.82, 2.24) is 5.43 Å². The van der Waals surface area contributed by atoms with Crippen molar-refractivity contribution in [3.63, 3.8) is 0 Å². The van der Waals surface area contributed by atoms with Crippen molar-refractivity contribution in [2.45, 2.75) is 84.8 Å². The van der Waals surface area contributed by atoms with E-state index in [9.17, 15) is 14.4 Å². The molecule has 7 atom stereocenters. The number of amides is 2. The Morgan fingerprint density at radius 3 is 2.41 bits per heavy atom. The summed E-state index contributed by atoms with van der Waals surface area (Å²) in [5.74, 6) is 0.731. The van der Waals surface area contributed by atoms with Gasteiger partial charge in [0.15, 0.2) is 0 Å². The average Bonchev–Trinajstić information content (AvgIpc) is 2.96. The maximum absolute atomic E-state index is 11.8. The van der Waals surface area contributed by atoms with Crippen LogP contribution in [0.2, 0.25) is 0 Å². The summed E-state index contributed by atoms with van der Waals surface area (Å²) in [6.07, 6.45) is 8.30. The highest BCUT2D eigenvalue weighted by Gasteiger charge is 2.61. The summed E-state index contributed by atoms with van der Waals surface area (Å²) in [5.41, 5.74) is 9.65. The SMILES string of the molecule is CC(=O)OC1CCC2(C)C(=CCC3C2CCC2(C)/C(=N/NC(N)=O)C(OC(C)=O)CC32)C1. The zero-order chi connectivity index (χ0) is 23.3. The topological polar surface area (TPSA) is 120 Å². The summed E-state index contributed by atoms with van der Waals surface area (Å²) >= 11 is 0.